The minimum absolute atomic E-state index is 0.724. The van der Waals surface area contributed by atoms with Gasteiger partial charge in [-0.3, -0.25) is 0 Å². The Morgan fingerprint density at radius 3 is 2.17 bits per heavy atom. The van der Waals surface area contributed by atoms with Crippen LogP contribution in [0.25, 0.3) is 0 Å². The van der Waals surface area contributed by atoms with Crippen LogP contribution in [-0.2, 0) is 10.0 Å². The van der Waals surface area contributed by atoms with Gasteiger partial charge in [0.1, 0.15) is 0 Å². The normalized spacial score (nSPS) is 16.1. The number of rotatable bonds is 3. The fourth-order valence-corrected chi connectivity index (χ4v) is 1.77. The first-order valence-corrected chi connectivity index (χ1v) is 5.01. The van der Waals surface area contributed by atoms with Gasteiger partial charge < -0.3 is 5.11 Å². The van der Waals surface area contributed by atoms with Crippen LogP contribution >= 0.6 is 0 Å². The fourth-order valence-electron chi connectivity index (χ4n) is 0.589. The third kappa shape index (κ3) is 3.99. The number of nitrogens with one attached hydrogen (secondary N) is 1. The Labute approximate surface area is 71.8 Å². The summed E-state index contributed by atoms with van der Waals surface area (Å²) in [4.78, 5) is 0. The molecule has 0 saturated carbocycles. The van der Waals surface area contributed by atoms with Gasteiger partial charge in [0.2, 0.25) is 15.5 Å². The van der Waals surface area contributed by atoms with Crippen molar-refractivity contribution < 1.29 is 17.9 Å². The summed E-state index contributed by atoms with van der Waals surface area (Å²) in [7, 11) is -4.03. The molecule has 0 aromatic heterocycles. The van der Waals surface area contributed by atoms with Gasteiger partial charge >= 0.3 is 0 Å². The van der Waals surface area contributed by atoms with Gasteiger partial charge in [-0.1, -0.05) is 0 Å². The number of alkyl halides is 1. The molecule has 0 spiro atoms. The maximum atomic E-state index is 12.5. The van der Waals surface area contributed by atoms with Crippen molar-refractivity contribution in [1.29, 1.82) is 0 Å². The van der Waals surface area contributed by atoms with E-state index < -0.39 is 27.7 Å². The van der Waals surface area contributed by atoms with Gasteiger partial charge in [-0.25, -0.2) is 17.5 Å². The van der Waals surface area contributed by atoms with Crippen LogP contribution < -0.4 is 4.72 Å². The summed E-state index contributed by atoms with van der Waals surface area (Å²) in [5.74, 6) is 0. The van der Waals surface area contributed by atoms with Crippen LogP contribution in [0, 0.1) is 0 Å². The highest BCUT2D eigenvalue weighted by atomic mass is 32.2. The fraction of sp³-hybridized carbons (Fsp3) is 1.00. The Kier molecular flexibility index (Phi) is 3.61. The van der Waals surface area contributed by atoms with Gasteiger partial charge in [-0.05, 0) is 20.8 Å². The van der Waals surface area contributed by atoms with E-state index in [1.54, 1.807) is 20.8 Å². The van der Waals surface area contributed by atoms with Crippen molar-refractivity contribution in [2.24, 2.45) is 0 Å². The van der Waals surface area contributed by atoms with E-state index in [1.807, 2.05) is 0 Å². The Morgan fingerprint density at radius 2 is 1.92 bits per heavy atom. The SMILES string of the molecule is CC(C)(C)NS(=O)(=O)C(F)CO. The van der Waals surface area contributed by atoms with Gasteiger partial charge in [0.25, 0.3) is 0 Å². The van der Waals surface area contributed by atoms with E-state index in [2.05, 4.69) is 4.72 Å². The molecule has 0 saturated heterocycles. The van der Waals surface area contributed by atoms with Crippen LogP contribution in [0.5, 0.6) is 0 Å². The Bertz CT molecular complexity index is 232. The predicted molar refractivity (Wildman–Crippen MR) is 43.8 cm³/mol. The molecular weight excluding hydrogens is 185 g/mol. The summed E-state index contributed by atoms with van der Waals surface area (Å²) in [5, 5.41) is 8.27. The number of halogens is 1. The summed E-state index contributed by atoms with van der Waals surface area (Å²) in [6.45, 7) is 3.75. The average molecular weight is 199 g/mol. The molecule has 12 heavy (non-hydrogen) atoms. The van der Waals surface area contributed by atoms with Gasteiger partial charge in [0.05, 0.1) is 6.61 Å². The molecule has 74 valence electrons. The number of hydrogen-bond donors (Lipinski definition) is 2. The maximum absolute atomic E-state index is 12.5. The zero-order chi connectivity index (χ0) is 9.99. The first kappa shape index (κ1) is 11.8. The van der Waals surface area contributed by atoms with Gasteiger partial charge in [-0.15, -0.1) is 0 Å². The highest BCUT2D eigenvalue weighted by molar-refractivity contribution is 7.90. The van der Waals surface area contributed by atoms with Gasteiger partial charge in [0.15, 0.2) is 0 Å². The van der Waals surface area contributed by atoms with Crippen molar-refractivity contribution in [1.82, 2.24) is 4.72 Å². The van der Waals surface area contributed by atoms with Gasteiger partial charge in [0, 0.05) is 5.54 Å². The summed E-state index contributed by atoms with van der Waals surface area (Å²) in [5.41, 5.74) is -2.98. The van der Waals surface area contributed by atoms with Crippen molar-refractivity contribution in [3.63, 3.8) is 0 Å². The lowest BCUT2D eigenvalue weighted by Gasteiger charge is -2.21. The highest BCUT2D eigenvalue weighted by Crippen LogP contribution is 2.07. The molecule has 0 aliphatic heterocycles. The van der Waals surface area contributed by atoms with Crippen molar-refractivity contribution in [2.75, 3.05) is 6.61 Å². The molecule has 0 bridgehead atoms. The molecule has 0 heterocycles. The zero-order valence-corrected chi connectivity index (χ0v) is 8.15. The largest absolute Gasteiger partial charge is 0.392 e. The minimum Gasteiger partial charge on any atom is -0.392 e. The van der Waals surface area contributed by atoms with Crippen molar-refractivity contribution >= 4 is 10.0 Å². The second-order valence-corrected chi connectivity index (χ2v) is 5.30. The van der Waals surface area contributed by atoms with E-state index in [4.69, 9.17) is 5.11 Å². The number of aliphatic hydroxyl groups is 1. The molecule has 0 aromatic carbocycles. The Balaban J connectivity index is 4.45. The Morgan fingerprint density at radius 1 is 1.50 bits per heavy atom. The van der Waals surface area contributed by atoms with Crippen LogP contribution in [0.15, 0.2) is 0 Å². The lowest BCUT2D eigenvalue weighted by atomic mass is 10.1. The third-order valence-electron chi connectivity index (χ3n) is 0.929. The third-order valence-corrected chi connectivity index (χ3v) is 2.65. The summed E-state index contributed by atoms with van der Waals surface area (Å²) < 4.78 is 36.5. The molecule has 0 aromatic rings. The van der Waals surface area contributed by atoms with Crippen LogP contribution in [0.4, 0.5) is 4.39 Å². The van der Waals surface area contributed by atoms with Crippen LogP contribution in [0.3, 0.4) is 0 Å². The van der Waals surface area contributed by atoms with E-state index in [9.17, 15) is 12.8 Å². The number of hydrogen-bond acceptors (Lipinski definition) is 3. The Hall–Kier alpha value is -0.200. The maximum Gasteiger partial charge on any atom is 0.246 e. The molecule has 4 nitrogen and oxygen atoms in total. The minimum atomic E-state index is -4.03. The first-order chi connectivity index (χ1) is 5.19. The lowest BCUT2D eigenvalue weighted by Crippen LogP contribution is -2.45. The molecule has 1 atom stereocenters. The molecule has 6 heteroatoms. The molecular formula is C6H14FNO3S. The molecule has 0 aliphatic carbocycles. The summed E-state index contributed by atoms with van der Waals surface area (Å²) in [6.07, 6.45) is 0. The molecule has 0 rings (SSSR count). The molecule has 2 N–H and O–H groups in total. The van der Waals surface area contributed by atoms with E-state index in [0.717, 1.165) is 0 Å². The number of sulfonamides is 1. The van der Waals surface area contributed by atoms with Crippen molar-refractivity contribution in [3.05, 3.63) is 0 Å². The summed E-state index contributed by atoms with van der Waals surface area (Å²) in [6, 6.07) is 0. The van der Waals surface area contributed by atoms with E-state index in [-0.39, 0.29) is 0 Å². The van der Waals surface area contributed by atoms with Crippen molar-refractivity contribution in [3.8, 4) is 0 Å². The van der Waals surface area contributed by atoms with Crippen LogP contribution in [0.1, 0.15) is 20.8 Å². The predicted octanol–water partition coefficient (Wildman–Crippen LogP) is -0.00780. The molecule has 1 unspecified atom stereocenters. The van der Waals surface area contributed by atoms with Crippen LogP contribution in [0.2, 0.25) is 0 Å². The molecule has 0 aliphatic rings. The van der Waals surface area contributed by atoms with Crippen molar-refractivity contribution in [2.45, 2.75) is 31.8 Å². The van der Waals surface area contributed by atoms with Gasteiger partial charge in [-0.2, -0.15) is 0 Å². The molecule has 0 fully saturated rings. The molecule has 0 amide bonds. The highest BCUT2D eigenvalue weighted by Gasteiger charge is 2.28. The smallest absolute Gasteiger partial charge is 0.246 e. The zero-order valence-electron chi connectivity index (χ0n) is 7.33. The second kappa shape index (κ2) is 3.68. The molecule has 0 radical (unpaired) electrons. The average Bonchev–Trinajstić information content (AvgIpc) is 1.80. The quantitative estimate of drug-likeness (QED) is 0.672. The van der Waals surface area contributed by atoms with E-state index in [0.29, 0.717) is 0 Å². The standard InChI is InChI=1S/C6H14FNO3S/c1-6(2,3)8-12(10,11)5(7)4-9/h5,8-9H,4H2,1-3H3. The van der Waals surface area contributed by atoms with Crippen LogP contribution in [-0.4, -0.2) is 31.2 Å². The topological polar surface area (TPSA) is 66.4 Å². The monoisotopic (exact) mass is 199 g/mol. The first-order valence-electron chi connectivity index (χ1n) is 3.47. The number of aliphatic hydroxyl groups excluding tert-OH is 1. The lowest BCUT2D eigenvalue weighted by molar-refractivity contribution is 0.223. The second-order valence-electron chi connectivity index (χ2n) is 3.49. The van der Waals surface area contributed by atoms with E-state index >= 15 is 0 Å². The van der Waals surface area contributed by atoms with E-state index in [1.165, 1.54) is 0 Å². The summed E-state index contributed by atoms with van der Waals surface area (Å²) >= 11 is 0.